The van der Waals surface area contributed by atoms with Gasteiger partial charge in [0.1, 0.15) is 19.6 Å². The quantitative estimate of drug-likeness (QED) is 0.363. The second-order valence-electron chi connectivity index (χ2n) is 8.98. The van der Waals surface area contributed by atoms with Gasteiger partial charge in [-0.05, 0) is 51.0 Å². The highest BCUT2D eigenvalue weighted by Gasteiger charge is 2.47. The zero-order chi connectivity index (χ0) is 20.0. The molecule has 3 aliphatic heterocycles. The van der Waals surface area contributed by atoms with Crippen molar-refractivity contribution in [2.75, 3.05) is 4.90 Å². The number of anilines is 3. The Hall–Kier alpha value is -3.24. The SMILES string of the molecule is C[Si]1(C)c2ccccc2N2c3cccc4c3B(c3ccccc3O4)c3cccc1c32. The number of para-hydroxylation sites is 3. The van der Waals surface area contributed by atoms with E-state index in [0.29, 0.717) is 0 Å². The predicted octanol–water partition coefficient (Wildman–Crippen LogP) is 3.23. The molecule has 0 amide bonds. The summed E-state index contributed by atoms with van der Waals surface area (Å²) in [6, 6.07) is 31.0. The summed E-state index contributed by atoms with van der Waals surface area (Å²) in [6.45, 7) is 5.19. The number of nitrogens with zero attached hydrogens (tertiary/aromatic N) is 1. The fourth-order valence-corrected chi connectivity index (χ4v) is 8.78. The van der Waals surface area contributed by atoms with Gasteiger partial charge < -0.3 is 9.64 Å². The lowest BCUT2D eigenvalue weighted by molar-refractivity contribution is 0.487. The van der Waals surface area contributed by atoms with E-state index in [-0.39, 0.29) is 6.71 Å². The molecule has 0 atom stereocenters. The summed E-state index contributed by atoms with van der Waals surface area (Å²) in [7, 11) is -1.81. The Balaban J connectivity index is 1.65. The van der Waals surface area contributed by atoms with E-state index >= 15 is 0 Å². The lowest BCUT2D eigenvalue weighted by atomic mass is 9.34. The van der Waals surface area contributed by atoms with Gasteiger partial charge in [0.2, 0.25) is 0 Å². The minimum atomic E-state index is -1.81. The molecule has 142 valence electrons. The molecule has 0 saturated heterocycles. The van der Waals surface area contributed by atoms with Crippen LogP contribution < -0.4 is 36.4 Å². The van der Waals surface area contributed by atoms with Crippen molar-refractivity contribution in [3.8, 4) is 11.5 Å². The van der Waals surface area contributed by atoms with E-state index in [1.165, 1.54) is 43.8 Å². The van der Waals surface area contributed by atoms with Crippen molar-refractivity contribution < 1.29 is 4.74 Å². The average Bonchev–Trinajstić information content (AvgIpc) is 2.78. The third kappa shape index (κ3) is 1.86. The zero-order valence-corrected chi connectivity index (χ0v) is 18.0. The number of ether oxygens (including phenoxy) is 1. The monoisotopic (exact) mass is 401 g/mol. The Bertz CT molecular complexity index is 1380. The third-order valence-electron chi connectivity index (χ3n) is 7.12. The molecule has 0 fully saturated rings. The summed E-state index contributed by atoms with van der Waals surface area (Å²) in [5, 5.41) is 3.03. The summed E-state index contributed by atoms with van der Waals surface area (Å²) < 4.78 is 6.39. The van der Waals surface area contributed by atoms with Crippen LogP contribution in [0.5, 0.6) is 11.5 Å². The minimum Gasteiger partial charge on any atom is -0.458 e. The van der Waals surface area contributed by atoms with Crippen molar-refractivity contribution >= 4 is 58.6 Å². The molecule has 3 heterocycles. The van der Waals surface area contributed by atoms with Crippen molar-refractivity contribution in [3.63, 3.8) is 0 Å². The second-order valence-corrected chi connectivity index (χ2v) is 13.3. The van der Waals surface area contributed by atoms with Crippen LogP contribution >= 0.6 is 0 Å². The molecule has 0 unspecified atom stereocenters. The van der Waals surface area contributed by atoms with Crippen molar-refractivity contribution in [2.24, 2.45) is 0 Å². The molecule has 7 rings (SSSR count). The van der Waals surface area contributed by atoms with Crippen molar-refractivity contribution in [3.05, 3.63) is 84.9 Å². The molecule has 4 heteroatoms. The normalized spacial score (nSPS) is 16.1. The molecule has 3 aliphatic rings. The first kappa shape index (κ1) is 16.5. The first-order valence-electron chi connectivity index (χ1n) is 10.6. The predicted molar refractivity (Wildman–Crippen MR) is 129 cm³/mol. The van der Waals surface area contributed by atoms with E-state index in [0.717, 1.165) is 11.5 Å². The molecule has 0 aliphatic carbocycles. The maximum Gasteiger partial charge on any atom is 0.256 e. The molecular weight excluding hydrogens is 381 g/mol. The number of benzene rings is 4. The maximum absolute atomic E-state index is 6.39. The smallest absolute Gasteiger partial charge is 0.256 e. The van der Waals surface area contributed by atoms with Crippen LogP contribution in [-0.2, 0) is 0 Å². The highest BCUT2D eigenvalue weighted by molar-refractivity contribution is 7.05. The second kappa shape index (κ2) is 5.47. The molecule has 0 saturated carbocycles. The molecule has 0 spiro atoms. The largest absolute Gasteiger partial charge is 0.458 e. The molecule has 0 bridgehead atoms. The first-order valence-corrected chi connectivity index (χ1v) is 13.6. The lowest BCUT2D eigenvalue weighted by Gasteiger charge is -2.47. The molecule has 0 N–H and O–H groups in total. The van der Waals surface area contributed by atoms with E-state index in [2.05, 4.69) is 103 Å². The van der Waals surface area contributed by atoms with E-state index in [9.17, 15) is 0 Å². The topological polar surface area (TPSA) is 12.5 Å². The van der Waals surface area contributed by atoms with Gasteiger partial charge in [-0.25, -0.2) is 0 Å². The standard InChI is InChI=1S/C26H20BNOSi/c1-30(2)23-15-6-4-11-19(23)28-20-12-8-14-22-25(20)27(17-9-3-5-13-21(17)29-22)18-10-7-16-24(30)26(18)28/h3-16H,1-2H3. The summed E-state index contributed by atoms with van der Waals surface area (Å²) in [5.41, 5.74) is 7.95. The van der Waals surface area contributed by atoms with Gasteiger partial charge >= 0.3 is 0 Å². The number of rotatable bonds is 0. The summed E-state index contributed by atoms with van der Waals surface area (Å²) in [4.78, 5) is 2.50. The number of fused-ring (bicyclic) bond motifs is 6. The molecule has 4 aromatic carbocycles. The Morgan fingerprint density at radius 3 is 2.27 bits per heavy atom. The molecule has 30 heavy (non-hydrogen) atoms. The van der Waals surface area contributed by atoms with Gasteiger partial charge in [0, 0.05) is 17.1 Å². The van der Waals surface area contributed by atoms with Gasteiger partial charge in [-0.3, -0.25) is 0 Å². The maximum atomic E-state index is 6.39. The molecule has 0 aromatic heterocycles. The van der Waals surface area contributed by atoms with Crippen LogP contribution in [0.2, 0.25) is 13.1 Å². The minimum absolute atomic E-state index is 0.211. The Morgan fingerprint density at radius 2 is 1.33 bits per heavy atom. The number of hydrogen-bond acceptors (Lipinski definition) is 2. The fraction of sp³-hybridized carbons (Fsp3) is 0.0769. The summed E-state index contributed by atoms with van der Waals surface area (Å²) in [6.07, 6.45) is 0. The van der Waals surface area contributed by atoms with Gasteiger partial charge in [0.05, 0.1) is 0 Å². The third-order valence-corrected chi connectivity index (χ3v) is 10.6. The highest BCUT2D eigenvalue weighted by Crippen LogP contribution is 2.42. The number of hydrogen-bond donors (Lipinski definition) is 0. The van der Waals surface area contributed by atoms with Crippen molar-refractivity contribution in [1.29, 1.82) is 0 Å². The van der Waals surface area contributed by atoms with E-state index in [1.807, 2.05) is 0 Å². The molecule has 2 nitrogen and oxygen atoms in total. The van der Waals surface area contributed by atoms with Crippen LogP contribution in [0, 0.1) is 0 Å². The van der Waals surface area contributed by atoms with Gasteiger partial charge in [-0.2, -0.15) is 0 Å². The van der Waals surface area contributed by atoms with E-state index in [4.69, 9.17) is 4.74 Å². The summed E-state index contributed by atoms with van der Waals surface area (Å²) >= 11 is 0. The van der Waals surface area contributed by atoms with E-state index < -0.39 is 8.07 Å². The van der Waals surface area contributed by atoms with Crippen LogP contribution in [0.25, 0.3) is 0 Å². The van der Waals surface area contributed by atoms with Crippen molar-refractivity contribution in [1.82, 2.24) is 0 Å². The van der Waals surface area contributed by atoms with E-state index in [1.54, 1.807) is 0 Å². The Morgan fingerprint density at radius 1 is 0.667 bits per heavy atom. The van der Waals surface area contributed by atoms with Crippen molar-refractivity contribution in [2.45, 2.75) is 13.1 Å². The van der Waals surface area contributed by atoms with Gasteiger partial charge in [0.15, 0.2) is 0 Å². The highest BCUT2D eigenvalue weighted by atomic mass is 28.3. The molecular formula is C26H20BNOSi. The van der Waals surface area contributed by atoms with Gasteiger partial charge in [0.25, 0.3) is 6.71 Å². The Labute approximate surface area is 177 Å². The van der Waals surface area contributed by atoms with Crippen LogP contribution in [-0.4, -0.2) is 14.8 Å². The summed E-state index contributed by atoms with van der Waals surface area (Å²) in [5.74, 6) is 1.96. The molecule has 0 radical (unpaired) electrons. The van der Waals surface area contributed by atoms with Crippen LogP contribution in [0.1, 0.15) is 0 Å². The Kier molecular flexibility index (Phi) is 3.01. The zero-order valence-electron chi connectivity index (χ0n) is 17.0. The lowest BCUT2D eigenvalue weighted by Crippen LogP contribution is -2.66. The fourth-order valence-electron chi connectivity index (χ4n) is 5.78. The van der Waals surface area contributed by atoms with Crippen LogP contribution in [0.15, 0.2) is 84.9 Å². The van der Waals surface area contributed by atoms with Gasteiger partial charge in [-0.1, -0.05) is 73.8 Å². The van der Waals surface area contributed by atoms with Crippen LogP contribution in [0.3, 0.4) is 0 Å². The average molecular weight is 401 g/mol. The van der Waals surface area contributed by atoms with Gasteiger partial charge in [-0.15, -0.1) is 0 Å². The first-order chi connectivity index (χ1) is 14.7. The van der Waals surface area contributed by atoms with Crippen LogP contribution in [0.4, 0.5) is 17.1 Å². The molecule has 4 aromatic rings.